The Kier molecular flexibility index (Phi) is 6.99. The highest BCUT2D eigenvalue weighted by Crippen LogP contribution is 2.46. The van der Waals surface area contributed by atoms with Crippen LogP contribution in [-0.4, -0.2) is 42.7 Å². The normalized spacial score (nSPS) is 10.7. The van der Waals surface area contributed by atoms with Crippen LogP contribution < -0.4 is 28.4 Å². The van der Waals surface area contributed by atoms with Gasteiger partial charge in [0.15, 0.2) is 23.0 Å². The molecule has 0 N–H and O–H groups in total. The van der Waals surface area contributed by atoms with E-state index in [9.17, 15) is 5.26 Å². The molecule has 0 radical (unpaired) electrons. The van der Waals surface area contributed by atoms with Gasteiger partial charge in [0.25, 0.3) is 0 Å². The summed E-state index contributed by atoms with van der Waals surface area (Å²) in [5.41, 5.74) is 1.93. The first-order valence-corrected chi connectivity index (χ1v) is 8.29. The fraction of sp³-hybridized carbons (Fsp3) is 0.286. The zero-order valence-corrected chi connectivity index (χ0v) is 16.8. The van der Waals surface area contributed by atoms with Gasteiger partial charge in [-0.3, -0.25) is 0 Å². The summed E-state index contributed by atoms with van der Waals surface area (Å²) in [6, 6.07) is 9.16. The largest absolute Gasteiger partial charge is 0.493 e. The van der Waals surface area contributed by atoms with Gasteiger partial charge in [0.1, 0.15) is 0 Å². The summed E-state index contributed by atoms with van der Waals surface area (Å²) in [4.78, 5) is 0. The average molecular weight is 385 g/mol. The summed E-state index contributed by atoms with van der Waals surface area (Å²) in [5.74, 6) is 2.80. The van der Waals surface area contributed by atoms with Crippen molar-refractivity contribution in [2.24, 2.45) is 0 Å². The predicted octanol–water partition coefficient (Wildman–Crippen LogP) is 3.69. The zero-order chi connectivity index (χ0) is 20.7. The number of nitriles is 1. The Bertz CT molecular complexity index is 889. The highest BCUT2D eigenvalue weighted by molar-refractivity contribution is 5.87. The molecule has 0 aliphatic heterocycles. The van der Waals surface area contributed by atoms with Crippen LogP contribution in [0, 0.1) is 11.3 Å². The molecule has 0 heterocycles. The number of allylic oxidation sites excluding steroid dienone is 1. The van der Waals surface area contributed by atoms with Gasteiger partial charge in [-0.15, -0.1) is 0 Å². The Morgan fingerprint density at radius 1 is 0.714 bits per heavy atom. The maximum atomic E-state index is 9.39. The molecule has 0 atom stereocenters. The molecule has 2 aromatic rings. The molecule has 0 saturated heterocycles. The average Bonchev–Trinajstić information content (AvgIpc) is 2.75. The second kappa shape index (κ2) is 9.42. The Hall–Kier alpha value is -3.53. The van der Waals surface area contributed by atoms with E-state index in [1.54, 1.807) is 31.4 Å². The van der Waals surface area contributed by atoms with E-state index in [2.05, 4.69) is 6.07 Å². The zero-order valence-electron chi connectivity index (χ0n) is 16.8. The van der Waals surface area contributed by atoms with Crippen LogP contribution in [0.3, 0.4) is 0 Å². The third-order valence-corrected chi connectivity index (χ3v) is 4.18. The molecular formula is C21H23NO6. The minimum atomic E-state index is 0.429. The molecule has 0 bridgehead atoms. The third-order valence-electron chi connectivity index (χ3n) is 4.18. The maximum Gasteiger partial charge on any atom is 0.203 e. The van der Waals surface area contributed by atoms with Gasteiger partial charge in [-0.2, -0.15) is 5.26 Å². The van der Waals surface area contributed by atoms with Gasteiger partial charge in [0.2, 0.25) is 11.5 Å². The number of hydrogen-bond donors (Lipinski definition) is 0. The quantitative estimate of drug-likeness (QED) is 0.641. The SMILES string of the molecule is COc1cc(C(=CC#N)c2ccc(OC)c(OC)c2OC)cc(OC)c1OC. The summed E-state index contributed by atoms with van der Waals surface area (Å²) in [5, 5.41) is 9.39. The van der Waals surface area contributed by atoms with E-state index < -0.39 is 0 Å². The minimum absolute atomic E-state index is 0.429. The second-order valence-corrected chi connectivity index (χ2v) is 5.48. The molecule has 28 heavy (non-hydrogen) atoms. The van der Waals surface area contributed by atoms with E-state index in [1.807, 2.05) is 0 Å². The predicted molar refractivity (Wildman–Crippen MR) is 105 cm³/mol. The van der Waals surface area contributed by atoms with Crippen molar-refractivity contribution in [2.75, 3.05) is 42.7 Å². The molecule has 7 nitrogen and oxygen atoms in total. The lowest BCUT2D eigenvalue weighted by Crippen LogP contribution is -2.01. The molecule has 0 aliphatic rings. The van der Waals surface area contributed by atoms with E-state index in [1.165, 1.54) is 41.6 Å². The lowest BCUT2D eigenvalue weighted by Gasteiger charge is -2.19. The van der Waals surface area contributed by atoms with Crippen LogP contribution in [0.2, 0.25) is 0 Å². The monoisotopic (exact) mass is 385 g/mol. The Balaban J connectivity index is 2.79. The standard InChI is InChI=1S/C21H23NO6/c1-23-16-8-7-15(19(26-4)21(16)28-6)14(9-10-22)13-11-17(24-2)20(27-5)18(12-13)25-3/h7-9,11-12H,1-6H3. The van der Waals surface area contributed by atoms with Crippen LogP contribution in [0.15, 0.2) is 30.3 Å². The molecule has 0 aromatic heterocycles. The molecular weight excluding hydrogens is 362 g/mol. The van der Waals surface area contributed by atoms with Crippen LogP contribution in [-0.2, 0) is 0 Å². The molecule has 0 fully saturated rings. The molecule has 0 spiro atoms. The minimum Gasteiger partial charge on any atom is -0.493 e. The Labute approximate surface area is 164 Å². The van der Waals surface area contributed by atoms with Crippen LogP contribution in [0.1, 0.15) is 11.1 Å². The van der Waals surface area contributed by atoms with E-state index in [4.69, 9.17) is 28.4 Å². The summed E-state index contributed by atoms with van der Waals surface area (Å²) in [6.07, 6.45) is 1.42. The summed E-state index contributed by atoms with van der Waals surface area (Å²) in [7, 11) is 9.19. The smallest absolute Gasteiger partial charge is 0.203 e. The van der Waals surface area contributed by atoms with Gasteiger partial charge in [-0.1, -0.05) is 0 Å². The van der Waals surface area contributed by atoms with E-state index in [0.717, 1.165) is 0 Å². The Morgan fingerprint density at radius 2 is 1.25 bits per heavy atom. The lowest BCUT2D eigenvalue weighted by atomic mass is 9.95. The molecule has 7 heteroatoms. The topological polar surface area (TPSA) is 79.2 Å². The van der Waals surface area contributed by atoms with Crippen molar-refractivity contribution in [2.45, 2.75) is 0 Å². The molecule has 0 unspecified atom stereocenters. The Morgan fingerprint density at radius 3 is 1.68 bits per heavy atom. The highest BCUT2D eigenvalue weighted by Gasteiger charge is 2.22. The van der Waals surface area contributed by atoms with E-state index in [-0.39, 0.29) is 0 Å². The third kappa shape index (κ3) is 3.76. The summed E-state index contributed by atoms with van der Waals surface area (Å²) in [6.45, 7) is 0. The molecule has 0 saturated carbocycles. The highest BCUT2D eigenvalue weighted by atomic mass is 16.5. The fourth-order valence-electron chi connectivity index (χ4n) is 2.93. The maximum absolute atomic E-state index is 9.39. The van der Waals surface area contributed by atoms with Gasteiger partial charge >= 0.3 is 0 Å². The van der Waals surface area contributed by atoms with Crippen molar-refractivity contribution >= 4 is 5.57 Å². The first-order chi connectivity index (χ1) is 13.6. The van der Waals surface area contributed by atoms with Gasteiger partial charge < -0.3 is 28.4 Å². The van der Waals surface area contributed by atoms with E-state index >= 15 is 0 Å². The number of ether oxygens (including phenoxy) is 6. The molecule has 2 rings (SSSR count). The first-order valence-electron chi connectivity index (χ1n) is 8.29. The van der Waals surface area contributed by atoms with Gasteiger partial charge in [0.05, 0.1) is 48.7 Å². The first kappa shape index (κ1) is 20.8. The van der Waals surface area contributed by atoms with Gasteiger partial charge in [0, 0.05) is 17.2 Å². The van der Waals surface area contributed by atoms with Crippen LogP contribution in [0.25, 0.3) is 5.57 Å². The number of methoxy groups -OCH3 is 6. The van der Waals surface area contributed by atoms with Gasteiger partial charge in [-0.25, -0.2) is 0 Å². The summed E-state index contributed by atoms with van der Waals surface area (Å²) < 4.78 is 32.6. The summed E-state index contributed by atoms with van der Waals surface area (Å²) >= 11 is 0. The number of nitrogens with zero attached hydrogens (tertiary/aromatic N) is 1. The molecule has 0 aliphatic carbocycles. The number of hydrogen-bond acceptors (Lipinski definition) is 7. The van der Waals surface area contributed by atoms with Crippen LogP contribution in [0.5, 0.6) is 34.5 Å². The number of benzene rings is 2. The number of rotatable bonds is 8. The molecule has 148 valence electrons. The molecule has 2 aromatic carbocycles. The van der Waals surface area contributed by atoms with Crippen molar-refractivity contribution in [3.05, 3.63) is 41.5 Å². The van der Waals surface area contributed by atoms with Crippen molar-refractivity contribution < 1.29 is 28.4 Å². The van der Waals surface area contributed by atoms with Crippen LogP contribution in [0.4, 0.5) is 0 Å². The van der Waals surface area contributed by atoms with Crippen molar-refractivity contribution in [3.8, 4) is 40.6 Å². The second-order valence-electron chi connectivity index (χ2n) is 5.48. The van der Waals surface area contributed by atoms with Crippen molar-refractivity contribution in [3.63, 3.8) is 0 Å². The van der Waals surface area contributed by atoms with Crippen molar-refractivity contribution in [1.82, 2.24) is 0 Å². The lowest BCUT2D eigenvalue weighted by molar-refractivity contribution is 0.323. The van der Waals surface area contributed by atoms with E-state index in [0.29, 0.717) is 51.2 Å². The van der Waals surface area contributed by atoms with Crippen LogP contribution >= 0.6 is 0 Å². The van der Waals surface area contributed by atoms with Crippen molar-refractivity contribution in [1.29, 1.82) is 5.26 Å². The fourth-order valence-corrected chi connectivity index (χ4v) is 2.93. The molecule has 0 amide bonds. The van der Waals surface area contributed by atoms with Gasteiger partial charge in [-0.05, 0) is 29.8 Å².